The Morgan fingerprint density at radius 2 is 0.857 bits per heavy atom. The third-order valence-electron chi connectivity index (χ3n) is 2.70. The van der Waals surface area contributed by atoms with Crippen molar-refractivity contribution in [2.45, 2.75) is 66.2 Å². The average Bonchev–Trinajstić information content (AvgIpc) is 2.09. The van der Waals surface area contributed by atoms with Gasteiger partial charge in [-0.25, -0.2) is 0 Å². The molecule has 9 heteroatoms. The molecule has 128 valence electrons. The molecule has 0 aromatic heterocycles. The molecule has 0 atom stereocenters. The van der Waals surface area contributed by atoms with E-state index in [9.17, 15) is 0 Å². The summed E-state index contributed by atoms with van der Waals surface area (Å²) in [6.07, 6.45) is 0. The standard InChI is InChI=1S/C12H36N2O3Si4/c1-11-13-18(3,4)15-20(7,8)17-21(9,10)16-19(5,6)14-12-2/h13-14H,11-12H2,1-10H3. The molecule has 0 aliphatic rings. The van der Waals surface area contributed by atoms with E-state index in [1.54, 1.807) is 0 Å². The van der Waals surface area contributed by atoms with Gasteiger partial charge in [0, 0.05) is 0 Å². The van der Waals surface area contributed by atoms with Gasteiger partial charge >= 0.3 is 17.1 Å². The second kappa shape index (κ2) is 7.97. The van der Waals surface area contributed by atoms with Crippen molar-refractivity contribution in [2.75, 3.05) is 13.1 Å². The highest BCUT2D eigenvalue weighted by Crippen LogP contribution is 2.22. The second-order valence-corrected chi connectivity index (χ2v) is 22.0. The lowest BCUT2D eigenvalue weighted by Gasteiger charge is -2.40. The second-order valence-electron chi connectivity index (χ2n) is 7.19. The first-order valence-electron chi connectivity index (χ1n) is 7.85. The molecule has 0 unspecified atom stereocenters. The van der Waals surface area contributed by atoms with Gasteiger partial charge in [0.25, 0.3) is 17.0 Å². The van der Waals surface area contributed by atoms with Crippen LogP contribution in [0.15, 0.2) is 0 Å². The summed E-state index contributed by atoms with van der Waals surface area (Å²) in [6.45, 7) is 23.3. The van der Waals surface area contributed by atoms with Crippen LogP contribution in [-0.4, -0.2) is 47.2 Å². The molecule has 0 saturated carbocycles. The highest BCUT2D eigenvalue weighted by Gasteiger charge is 2.43. The Morgan fingerprint density at radius 1 is 0.571 bits per heavy atom. The molecule has 0 aromatic carbocycles. The first kappa shape index (κ1) is 21.7. The van der Waals surface area contributed by atoms with Crippen molar-refractivity contribution >= 4 is 34.1 Å². The van der Waals surface area contributed by atoms with Gasteiger partial charge in [0.15, 0.2) is 0 Å². The molecule has 0 aromatic rings. The predicted molar refractivity (Wildman–Crippen MR) is 101 cm³/mol. The van der Waals surface area contributed by atoms with Crippen molar-refractivity contribution in [1.29, 1.82) is 0 Å². The fourth-order valence-corrected chi connectivity index (χ4v) is 20.7. The lowest BCUT2D eigenvalue weighted by Crippen LogP contribution is -2.62. The molecule has 0 rings (SSSR count). The fourth-order valence-electron chi connectivity index (χ4n) is 2.79. The SMILES string of the molecule is CCN[Si](C)(C)O[Si](C)(C)O[Si](C)(C)O[Si](C)(C)NCC. The molecular formula is C12H36N2O3Si4. The first-order valence-corrected chi connectivity index (χ1v) is 19.3. The maximum Gasteiger partial charge on any atom is 0.313 e. The zero-order chi connectivity index (χ0) is 16.9. The van der Waals surface area contributed by atoms with E-state index in [0.717, 1.165) is 13.1 Å². The van der Waals surface area contributed by atoms with Gasteiger partial charge < -0.3 is 22.3 Å². The summed E-state index contributed by atoms with van der Waals surface area (Å²) in [5.41, 5.74) is 0. The highest BCUT2D eigenvalue weighted by atomic mass is 28.5. The van der Waals surface area contributed by atoms with Crippen LogP contribution < -0.4 is 9.96 Å². The summed E-state index contributed by atoms with van der Waals surface area (Å²) >= 11 is 0. The van der Waals surface area contributed by atoms with Crippen LogP contribution in [0.2, 0.25) is 52.4 Å². The monoisotopic (exact) mass is 368 g/mol. The molecule has 0 fully saturated rings. The quantitative estimate of drug-likeness (QED) is 0.580. The summed E-state index contributed by atoms with van der Waals surface area (Å²) in [5.74, 6) is 0. The number of nitrogens with one attached hydrogen (secondary N) is 2. The van der Waals surface area contributed by atoms with E-state index in [2.05, 4.69) is 76.2 Å². The van der Waals surface area contributed by atoms with Gasteiger partial charge in [-0.05, 0) is 65.5 Å². The minimum absolute atomic E-state index is 0.932. The minimum atomic E-state index is -2.20. The van der Waals surface area contributed by atoms with E-state index >= 15 is 0 Å². The summed E-state index contributed by atoms with van der Waals surface area (Å²) in [6, 6.07) is 0. The van der Waals surface area contributed by atoms with E-state index < -0.39 is 34.1 Å². The maximum absolute atomic E-state index is 6.41. The van der Waals surface area contributed by atoms with E-state index in [1.165, 1.54) is 0 Å². The van der Waals surface area contributed by atoms with Crippen LogP contribution in [0.5, 0.6) is 0 Å². The Balaban J connectivity index is 4.75. The summed E-state index contributed by atoms with van der Waals surface area (Å²) in [7, 11) is -8.13. The normalized spacial score (nSPS) is 14.6. The molecule has 0 aliphatic carbocycles. The first-order chi connectivity index (χ1) is 9.24. The molecule has 2 N–H and O–H groups in total. The minimum Gasteiger partial charge on any atom is -0.424 e. The third-order valence-corrected chi connectivity index (χ3v) is 17.1. The Bertz CT molecular complexity index is 296. The van der Waals surface area contributed by atoms with Gasteiger partial charge in [0.2, 0.25) is 0 Å². The zero-order valence-electron chi connectivity index (χ0n) is 15.6. The fraction of sp³-hybridized carbons (Fsp3) is 1.00. The number of rotatable bonds is 10. The van der Waals surface area contributed by atoms with Gasteiger partial charge in [0.05, 0.1) is 0 Å². The Morgan fingerprint density at radius 3 is 1.10 bits per heavy atom. The topological polar surface area (TPSA) is 51.8 Å². The highest BCUT2D eigenvalue weighted by molar-refractivity contribution is 6.88. The largest absolute Gasteiger partial charge is 0.424 e. The molecule has 0 radical (unpaired) electrons. The van der Waals surface area contributed by atoms with E-state index in [1.807, 2.05) is 0 Å². The molecule has 0 amide bonds. The lowest BCUT2D eigenvalue weighted by molar-refractivity contribution is 0.323. The average molecular weight is 369 g/mol. The van der Waals surface area contributed by atoms with E-state index in [0.29, 0.717) is 0 Å². The van der Waals surface area contributed by atoms with Crippen LogP contribution in [0, 0.1) is 0 Å². The van der Waals surface area contributed by atoms with Crippen LogP contribution in [0.3, 0.4) is 0 Å². The predicted octanol–water partition coefficient (Wildman–Crippen LogP) is 3.06. The Kier molecular flexibility index (Phi) is 8.23. The smallest absolute Gasteiger partial charge is 0.313 e. The van der Waals surface area contributed by atoms with Crippen molar-refractivity contribution in [3.05, 3.63) is 0 Å². The van der Waals surface area contributed by atoms with Gasteiger partial charge in [-0.3, -0.25) is 0 Å². The van der Waals surface area contributed by atoms with E-state index in [4.69, 9.17) is 12.3 Å². The summed E-state index contributed by atoms with van der Waals surface area (Å²) in [4.78, 5) is 6.95. The molecular weight excluding hydrogens is 332 g/mol. The molecule has 0 bridgehead atoms. The van der Waals surface area contributed by atoms with Gasteiger partial charge in [0.1, 0.15) is 0 Å². The molecule has 0 saturated heterocycles. The van der Waals surface area contributed by atoms with Crippen LogP contribution in [0.1, 0.15) is 13.8 Å². The third kappa shape index (κ3) is 10.1. The molecule has 5 nitrogen and oxygen atoms in total. The van der Waals surface area contributed by atoms with Crippen molar-refractivity contribution in [3.8, 4) is 0 Å². The zero-order valence-corrected chi connectivity index (χ0v) is 19.6. The van der Waals surface area contributed by atoms with Gasteiger partial charge in [-0.2, -0.15) is 0 Å². The molecule has 0 spiro atoms. The van der Waals surface area contributed by atoms with Gasteiger partial charge in [-0.15, -0.1) is 0 Å². The van der Waals surface area contributed by atoms with Crippen LogP contribution in [0.4, 0.5) is 0 Å². The van der Waals surface area contributed by atoms with Crippen molar-refractivity contribution < 1.29 is 12.3 Å². The van der Waals surface area contributed by atoms with Crippen molar-refractivity contribution in [3.63, 3.8) is 0 Å². The lowest BCUT2D eigenvalue weighted by atomic mass is 10.8. The summed E-state index contributed by atoms with van der Waals surface area (Å²) < 4.78 is 19.2. The number of hydrogen-bond donors (Lipinski definition) is 2. The molecule has 0 heterocycles. The number of hydrogen-bond acceptors (Lipinski definition) is 5. The van der Waals surface area contributed by atoms with Crippen LogP contribution in [0.25, 0.3) is 0 Å². The Labute approximate surface area is 136 Å². The summed E-state index contributed by atoms with van der Waals surface area (Å²) in [5, 5.41) is 0. The molecule has 0 aliphatic heterocycles. The van der Waals surface area contributed by atoms with Crippen LogP contribution in [-0.2, 0) is 12.3 Å². The van der Waals surface area contributed by atoms with Gasteiger partial charge in [-0.1, -0.05) is 13.8 Å². The Hall–Kier alpha value is 0.668. The van der Waals surface area contributed by atoms with Crippen LogP contribution >= 0.6 is 0 Å². The molecule has 21 heavy (non-hydrogen) atoms. The maximum atomic E-state index is 6.41. The van der Waals surface area contributed by atoms with E-state index in [-0.39, 0.29) is 0 Å². The van der Waals surface area contributed by atoms with Crippen molar-refractivity contribution in [2.24, 2.45) is 0 Å². The van der Waals surface area contributed by atoms with Crippen molar-refractivity contribution in [1.82, 2.24) is 9.96 Å².